The van der Waals surface area contributed by atoms with Crippen molar-refractivity contribution in [1.82, 2.24) is 5.32 Å². The van der Waals surface area contributed by atoms with Gasteiger partial charge in [-0.15, -0.1) is 0 Å². The van der Waals surface area contributed by atoms with Crippen molar-refractivity contribution >= 4 is 17.6 Å². The molecule has 0 aliphatic heterocycles. The standard InChI is InChI=1S/C19H18N2O6/c22-18(20-13-7-6-12(10-13)19(23)24)16-11-14(21(25)26)8-9-17(16)27-15-4-2-1-3-5-15/h1-5,8-9,11-13H,6-7,10H2,(H,20,22)(H,23,24)/t12-,13+/m0/s1. The van der Waals surface area contributed by atoms with Gasteiger partial charge in [0.15, 0.2) is 0 Å². The summed E-state index contributed by atoms with van der Waals surface area (Å²) in [7, 11) is 0. The zero-order valence-electron chi connectivity index (χ0n) is 14.3. The zero-order chi connectivity index (χ0) is 19.4. The number of nitrogens with zero attached hydrogens (tertiary/aromatic N) is 1. The van der Waals surface area contributed by atoms with Crippen molar-refractivity contribution in [1.29, 1.82) is 0 Å². The SMILES string of the molecule is O=C(N[C@@H]1CC[C@H](C(=O)O)C1)c1cc([N+](=O)[O-])ccc1Oc1ccccc1. The molecular weight excluding hydrogens is 352 g/mol. The molecule has 140 valence electrons. The van der Waals surface area contributed by atoms with Gasteiger partial charge in [0.05, 0.1) is 16.4 Å². The zero-order valence-corrected chi connectivity index (χ0v) is 14.3. The van der Waals surface area contributed by atoms with E-state index in [-0.39, 0.29) is 23.0 Å². The summed E-state index contributed by atoms with van der Waals surface area (Å²) in [5.41, 5.74) is -0.192. The number of carbonyl (C=O) groups excluding carboxylic acids is 1. The molecule has 3 rings (SSSR count). The Morgan fingerprint density at radius 1 is 1.15 bits per heavy atom. The number of nitrogens with one attached hydrogen (secondary N) is 1. The van der Waals surface area contributed by atoms with E-state index >= 15 is 0 Å². The molecule has 8 heteroatoms. The van der Waals surface area contributed by atoms with Crippen molar-refractivity contribution in [2.45, 2.75) is 25.3 Å². The number of rotatable bonds is 6. The van der Waals surface area contributed by atoms with Gasteiger partial charge in [-0.3, -0.25) is 19.7 Å². The highest BCUT2D eigenvalue weighted by Gasteiger charge is 2.31. The van der Waals surface area contributed by atoms with E-state index in [1.54, 1.807) is 24.3 Å². The van der Waals surface area contributed by atoms with Gasteiger partial charge < -0.3 is 15.2 Å². The molecule has 0 saturated heterocycles. The van der Waals surface area contributed by atoms with Gasteiger partial charge in [0.1, 0.15) is 11.5 Å². The van der Waals surface area contributed by atoms with E-state index in [1.807, 2.05) is 6.07 Å². The second-order valence-electron chi connectivity index (χ2n) is 6.37. The molecule has 1 amide bonds. The average Bonchev–Trinajstić information content (AvgIpc) is 3.11. The topological polar surface area (TPSA) is 119 Å². The Morgan fingerprint density at radius 2 is 1.89 bits per heavy atom. The van der Waals surface area contributed by atoms with E-state index in [9.17, 15) is 19.7 Å². The van der Waals surface area contributed by atoms with E-state index in [0.29, 0.717) is 25.0 Å². The van der Waals surface area contributed by atoms with Crippen molar-refractivity contribution in [3.63, 3.8) is 0 Å². The molecule has 1 saturated carbocycles. The molecular formula is C19H18N2O6. The lowest BCUT2D eigenvalue weighted by molar-refractivity contribution is -0.384. The van der Waals surface area contributed by atoms with Crippen molar-refractivity contribution < 1.29 is 24.4 Å². The maximum absolute atomic E-state index is 12.7. The average molecular weight is 370 g/mol. The predicted molar refractivity (Wildman–Crippen MR) is 95.8 cm³/mol. The van der Waals surface area contributed by atoms with Gasteiger partial charge in [-0.1, -0.05) is 18.2 Å². The van der Waals surface area contributed by atoms with Gasteiger partial charge >= 0.3 is 5.97 Å². The lowest BCUT2D eigenvalue weighted by Gasteiger charge is -2.15. The minimum absolute atomic E-state index is 0.0341. The molecule has 2 atom stereocenters. The molecule has 2 aromatic rings. The number of hydrogen-bond acceptors (Lipinski definition) is 5. The Labute approximate surface area is 154 Å². The number of amides is 1. The number of carbonyl (C=O) groups is 2. The van der Waals surface area contributed by atoms with E-state index in [0.717, 1.165) is 6.07 Å². The van der Waals surface area contributed by atoms with E-state index in [1.165, 1.54) is 12.1 Å². The highest BCUT2D eigenvalue weighted by atomic mass is 16.6. The number of carboxylic acids is 1. The second-order valence-corrected chi connectivity index (χ2v) is 6.37. The monoisotopic (exact) mass is 370 g/mol. The number of non-ortho nitro benzene ring substituents is 1. The summed E-state index contributed by atoms with van der Waals surface area (Å²) < 4.78 is 5.71. The summed E-state index contributed by atoms with van der Waals surface area (Å²) in [5.74, 6) is -1.21. The van der Waals surface area contributed by atoms with Crippen LogP contribution in [0.2, 0.25) is 0 Å². The van der Waals surface area contributed by atoms with E-state index in [2.05, 4.69) is 5.32 Å². The highest BCUT2D eigenvalue weighted by Crippen LogP contribution is 2.30. The van der Waals surface area contributed by atoms with Gasteiger partial charge in [0.25, 0.3) is 11.6 Å². The van der Waals surface area contributed by atoms with Crippen LogP contribution in [0.25, 0.3) is 0 Å². The van der Waals surface area contributed by atoms with Crippen LogP contribution in [0, 0.1) is 16.0 Å². The van der Waals surface area contributed by atoms with Crippen LogP contribution in [0.15, 0.2) is 48.5 Å². The summed E-state index contributed by atoms with van der Waals surface area (Å²) >= 11 is 0. The van der Waals surface area contributed by atoms with Gasteiger partial charge in [-0.2, -0.15) is 0 Å². The second kappa shape index (κ2) is 7.86. The first-order valence-electron chi connectivity index (χ1n) is 8.49. The molecule has 0 bridgehead atoms. The maximum Gasteiger partial charge on any atom is 0.306 e. The van der Waals surface area contributed by atoms with Gasteiger partial charge in [0.2, 0.25) is 0 Å². The summed E-state index contributed by atoms with van der Waals surface area (Å²) in [6, 6.07) is 12.3. The van der Waals surface area contributed by atoms with Crippen LogP contribution in [0.1, 0.15) is 29.6 Å². The molecule has 0 radical (unpaired) electrons. The minimum Gasteiger partial charge on any atom is -0.481 e. The van der Waals surface area contributed by atoms with Crippen molar-refractivity contribution in [2.24, 2.45) is 5.92 Å². The third kappa shape index (κ3) is 4.41. The predicted octanol–water partition coefficient (Wildman–Crippen LogP) is 3.37. The first-order valence-corrected chi connectivity index (χ1v) is 8.49. The number of hydrogen-bond donors (Lipinski definition) is 2. The summed E-state index contributed by atoms with van der Waals surface area (Å²) in [4.78, 5) is 34.3. The number of nitro groups is 1. The first kappa shape index (κ1) is 18.4. The van der Waals surface area contributed by atoms with Gasteiger partial charge in [-0.25, -0.2) is 0 Å². The van der Waals surface area contributed by atoms with Crippen molar-refractivity contribution in [2.75, 3.05) is 0 Å². The number of nitro benzene ring substituents is 1. The molecule has 1 aliphatic carbocycles. The summed E-state index contributed by atoms with van der Waals surface area (Å²) in [6.45, 7) is 0. The molecule has 1 aliphatic rings. The van der Waals surface area contributed by atoms with Crippen LogP contribution in [0.5, 0.6) is 11.5 Å². The lowest BCUT2D eigenvalue weighted by atomic mass is 10.1. The fourth-order valence-corrected chi connectivity index (χ4v) is 3.11. The molecule has 0 spiro atoms. The lowest BCUT2D eigenvalue weighted by Crippen LogP contribution is -2.33. The Bertz CT molecular complexity index is 868. The molecule has 0 heterocycles. The van der Waals surface area contributed by atoms with Crippen molar-refractivity contribution in [3.8, 4) is 11.5 Å². The van der Waals surface area contributed by atoms with Crippen LogP contribution < -0.4 is 10.1 Å². The number of para-hydroxylation sites is 1. The normalized spacial score (nSPS) is 18.7. The van der Waals surface area contributed by atoms with Gasteiger partial charge in [-0.05, 0) is 37.5 Å². The quantitative estimate of drug-likeness (QED) is 0.594. The smallest absolute Gasteiger partial charge is 0.306 e. The molecule has 2 aromatic carbocycles. The van der Waals surface area contributed by atoms with E-state index < -0.39 is 22.7 Å². The molecule has 1 fully saturated rings. The Hall–Kier alpha value is -3.42. The number of ether oxygens (including phenoxy) is 1. The number of aliphatic carboxylic acids is 1. The molecule has 2 N–H and O–H groups in total. The Kier molecular flexibility index (Phi) is 5.35. The van der Waals surface area contributed by atoms with Crippen LogP contribution in [0.4, 0.5) is 5.69 Å². The van der Waals surface area contributed by atoms with Crippen LogP contribution >= 0.6 is 0 Å². The largest absolute Gasteiger partial charge is 0.481 e. The van der Waals surface area contributed by atoms with Crippen LogP contribution in [-0.2, 0) is 4.79 Å². The van der Waals surface area contributed by atoms with E-state index in [4.69, 9.17) is 9.84 Å². The minimum atomic E-state index is -0.879. The molecule has 27 heavy (non-hydrogen) atoms. The van der Waals surface area contributed by atoms with Crippen LogP contribution in [-0.4, -0.2) is 27.9 Å². The number of benzene rings is 2. The third-order valence-electron chi connectivity index (χ3n) is 4.51. The van der Waals surface area contributed by atoms with Crippen LogP contribution in [0.3, 0.4) is 0 Å². The fourth-order valence-electron chi connectivity index (χ4n) is 3.11. The summed E-state index contributed by atoms with van der Waals surface area (Å²) in [6.07, 6.45) is 1.37. The molecule has 8 nitrogen and oxygen atoms in total. The maximum atomic E-state index is 12.7. The van der Waals surface area contributed by atoms with Crippen molar-refractivity contribution in [3.05, 3.63) is 64.2 Å². The highest BCUT2D eigenvalue weighted by molar-refractivity contribution is 5.98. The van der Waals surface area contributed by atoms with Gasteiger partial charge in [0, 0.05) is 18.2 Å². The first-order chi connectivity index (χ1) is 12.9. The summed E-state index contributed by atoms with van der Waals surface area (Å²) in [5, 5.41) is 22.9. The third-order valence-corrected chi connectivity index (χ3v) is 4.51. The Morgan fingerprint density at radius 3 is 2.52 bits per heavy atom. The molecule has 0 aromatic heterocycles. The fraction of sp³-hybridized carbons (Fsp3) is 0.263. The Balaban J connectivity index is 1.82. The number of carboxylic acid groups (broad SMARTS) is 1. The molecule has 0 unspecified atom stereocenters.